The molecule has 2 heterocycles. The molecule has 0 spiro atoms. The summed E-state index contributed by atoms with van der Waals surface area (Å²) < 4.78 is 53.1. The van der Waals surface area contributed by atoms with Crippen molar-refractivity contribution in [2.75, 3.05) is 13.2 Å². The predicted octanol–water partition coefficient (Wildman–Crippen LogP) is 4.78. The third-order valence-corrected chi connectivity index (χ3v) is 6.41. The third kappa shape index (κ3) is 4.43. The van der Waals surface area contributed by atoms with E-state index in [0.717, 1.165) is 16.7 Å². The van der Waals surface area contributed by atoms with Crippen molar-refractivity contribution < 1.29 is 32.4 Å². The Morgan fingerprint density at radius 3 is 2.44 bits per heavy atom. The molecule has 0 aliphatic heterocycles. The first kappa shape index (κ1) is 24.2. The zero-order chi connectivity index (χ0) is 25.4. The van der Waals surface area contributed by atoms with Crippen LogP contribution in [0.3, 0.4) is 0 Å². The first-order valence-electron chi connectivity index (χ1n) is 11.5. The molecule has 1 aliphatic rings. The number of benzene rings is 2. The number of rotatable bonds is 7. The molecule has 36 heavy (non-hydrogen) atoms. The monoisotopic (exact) mass is 499 g/mol. The Labute approximate surface area is 204 Å². The van der Waals surface area contributed by atoms with Gasteiger partial charge in [0, 0.05) is 29.3 Å². The van der Waals surface area contributed by atoms with Gasteiger partial charge in [0.25, 0.3) is 0 Å². The van der Waals surface area contributed by atoms with Crippen LogP contribution in [0.15, 0.2) is 57.6 Å². The van der Waals surface area contributed by atoms with Crippen LogP contribution in [-0.4, -0.2) is 39.8 Å². The van der Waals surface area contributed by atoms with E-state index in [4.69, 9.17) is 14.2 Å². The smallest absolute Gasteiger partial charge is 0.394 e. The van der Waals surface area contributed by atoms with Gasteiger partial charge in [-0.2, -0.15) is 13.2 Å². The number of halogens is 3. The van der Waals surface area contributed by atoms with Gasteiger partial charge in [-0.3, -0.25) is 0 Å². The average molecular weight is 499 g/mol. The molecular formula is C26H24F3N3O4. The minimum absolute atomic E-state index is 0.0361. The number of fused-ring (bicyclic) bond motifs is 3. The molecule has 1 unspecified atom stereocenters. The van der Waals surface area contributed by atoms with Gasteiger partial charge in [0.05, 0.1) is 12.7 Å². The number of aryl methyl sites for hydroxylation is 1. The van der Waals surface area contributed by atoms with Crippen molar-refractivity contribution >= 4 is 0 Å². The summed E-state index contributed by atoms with van der Waals surface area (Å²) in [6.07, 6.45) is -4.54. The van der Waals surface area contributed by atoms with Crippen molar-refractivity contribution in [1.29, 1.82) is 0 Å². The van der Waals surface area contributed by atoms with Crippen LogP contribution < -0.4 is 5.32 Å². The first-order chi connectivity index (χ1) is 17.3. The molecule has 188 valence electrons. The molecule has 0 amide bonds. The Balaban J connectivity index is 1.50. The summed E-state index contributed by atoms with van der Waals surface area (Å²) in [6, 6.07) is 13.7. The van der Waals surface area contributed by atoms with Gasteiger partial charge in [0.1, 0.15) is 11.3 Å². The second-order valence-corrected chi connectivity index (χ2v) is 8.82. The highest BCUT2D eigenvalue weighted by atomic mass is 19.4. The summed E-state index contributed by atoms with van der Waals surface area (Å²) in [5.41, 5.74) is 2.69. The Bertz CT molecular complexity index is 1360. The molecule has 2 atom stereocenters. The summed E-state index contributed by atoms with van der Waals surface area (Å²) in [5, 5.41) is 29.6. The Morgan fingerprint density at radius 2 is 1.72 bits per heavy atom. The Kier molecular flexibility index (Phi) is 6.42. The number of hydrogen-bond donors (Lipinski definition) is 3. The molecule has 0 bridgehead atoms. The highest BCUT2D eigenvalue weighted by Crippen LogP contribution is 2.46. The van der Waals surface area contributed by atoms with E-state index in [1.807, 2.05) is 25.1 Å². The number of nitrogens with zero attached hydrogens (tertiary/aromatic N) is 2. The van der Waals surface area contributed by atoms with Crippen LogP contribution in [0.1, 0.15) is 35.2 Å². The summed E-state index contributed by atoms with van der Waals surface area (Å²) in [6.45, 7) is 1.87. The van der Waals surface area contributed by atoms with Gasteiger partial charge in [0.2, 0.25) is 0 Å². The predicted molar refractivity (Wildman–Crippen MR) is 125 cm³/mol. The van der Waals surface area contributed by atoms with Crippen LogP contribution in [0.2, 0.25) is 0 Å². The average Bonchev–Trinajstić information content (AvgIpc) is 3.51. The van der Waals surface area contributed by atoms with Gasteiger partial charge in [-0.25, -0.2) is 0 Å². The summed E-state index contributed by atoms with van der Waals surface area (Å²) >= 11 is 0. The van der Waals surface area contributed by atoms with Crippen LogP contribution in [0, 0.1) is 0 Å². The fraction of sp³-hybridized carbons (Fsp3) is 0.308. The highest BCUT2D eigenvalue weighted by Gasteiger charge is 2.43. The lowest BCUT2D eigenvalue weighted by atomic mass is 9.86. The molecule has 4 aromatic rings. The Morgan fingerprint density at radius 1 is 1.00 bits per heavy atom. The second kappa shape index (κ2) is 9.53. The van der Waals surface area contributed by atoms with Crippen LogP contribution in [0.25, 0.3) is 34.0 Å². The topological polar surface area (TPSA) is 105 Å². The van der Waals surface area contributed by atoms with Crippen molar-refractivity contribution in [2.24, 2.45) is 0 Å². The molecule has 5 rings (SSSR count). The minimum Gasteiger partial charge on any atom is -0.394 e. The lowest BCUT2D eigenvalue weighted by Gasteiger charge is -2.20. The normalized spacial score (nSPS) is 14.8. The largest absolute Gasteiger partial charge is 0.422 e. The Hall–Kier alpha value is -3.47. The minimum atomic E-state index is -4.71. The number of aromatic nitrogens is 2. The van der Waals surface area contributed by atoms with Crippen molar-refractivity contribution in [2.45, 2.75) is 38.1 Å². The molecule has 0 saturated heterocycles. The quantitative estimate of drug-likeness (QED) is 0.336. The van der Waals surface area contributed by atoms with E-state index in [1.165, 1.54) is 12.1 Å². The van der Waals surface area contributed by atoms with Gasteiger partial charge >= 0.3 is 6.18 Å². The highest BCUT2D eigenvalue weighted by molar-refractivity contribution is 5.79. The fourth-order valence-electron chi connectivity index (χ4n) is 4.51. The van der Waals surface area contributed by atoms with Crippen molar-refractivity contribution in [1.82, 2.24) is 15.6 Å². The van der Waals surface area contributed by atoms with Gasteiger partial charge < -0.3 is 24.6 Å². The molecule has 10 heteroatoms. The van der Waals surface area contributed by atoms with E-state index in [1.54, 1.807) is 18.2 Å². The van der Waals surface area contributed by atoms with Gasteiger partial charge in [-0.1, -0.05) is 58.8 Å². The zero-order valence-corrected chi connectivity index (χ0v) is 19.3. The van der Waals surface area contributed by atoms with Crippen LogP contribution in [-0.2, 0) is 19.0 Å². The third-order valence-electron chi connectivity index (χ3n) is 6.41. The fourth-order valence-corrected chi connectivity index (χ4v) is 4.51. The van der Waals surface area contributed by atoms with Crippen LogP contribution >= 0.6 is 0 Å². The zero-order valence-electron chi connectivity index (χ0n) is 19.3. The molecule has 0 saturated carbocycles. The summed E-state index contributed by atoms with van der Waals surface area (Å²) in [4.78, 5) is 0. The van der Waals surface area contributed by atoms with E-state index in [2.05, 4.69) is 15.6 Å². The molecule has 3 N–H and O–H groups in total. The van der Waals surface area contributed by atoms with Crippen LogP contribution in [0.5, 0.6) is 0 Å². The molecule has 0 radical (unpaired) electrons. The number of hydrogen-bond acceptors (Lipinski definition) is 7. The van der Waals surface area contributed by atoms with Gasteiger partial charge in [0.15, 0.2) is 17.2 Å². The van der Waals surface area contributed by atoms with E-state index in [0.29, 0.717) is 24.1 Å². The maximum Gasteiger partial charge on any atom is 0.422 e. The first-order valence-corrected chi connectivity index (χ1v) is 11.5. The molecule has 2 aromatic heterocycles. The van der Waals surface area contributed by atoms with E-state index >= 15 is 0 Å². The molecular weight excluding hydrogens is 475 g/mol. The van der Waals surface area contributed by atoms with Crippen LogP contribution in [0.4, 0.5) is 13.2 Å². The molecule has 1 aliphatic carbocycles. The van der Waals surface area contributed by atoms with Gasteiger partial charge in [-0.05, 0) is 30.9 Å². The number of alkyl halides is 3. The lowest BCUT2D eigenvalue weighted by Crippen LogP contribution is -2.31. The number of nitrogens with one attached hydrogen (secondary N) is 1. The summed E-state index contributed by atoms with van der Waals surface area (Å²) in [7, 11) is 0. The van der Waals surface area contributed by atoms with E-state index in [9.17, 15) is 18.3 Å². The van der Waals surface area contributed by atoms with Crippen molar-refractivity contribution in [3.05, 3.63) is 70.8 Å². The number of aliphatic hydroxyl groups excluding tert-OH is 2. The lowest BCUT2D eigenvalue weighted by molar-refractivity contribution is -0.136. The second-order valence-electron chi connectivity index (χ2n) is 8.82. The maximum atomic E-state index is 14.1. The number of aliphatic hydroxyl groups is 2. The standard InChI is InChI=1S/C26H24F3N3O4/c1-14(30-12-18(34)13-33)16-7-9-19-17(11-16)8-10-20-22(19)31-36-25(20)23-21(26(27,28)29)24(35-32-23)15-5-3-2-4-6-15/h2-7,9,11,14,18,30,33-34H,8,10,12-13H2,1H3/t14?,18-/m0/s1. The molecule has 2 aromatic carbocycles. The maximum absolute atomic E-state index is 14.1. The van der Waals surface area contributed by atoms with Gasteiger partial charge in [-0.15, -0.1) is 0 Å². The van der Waals surface area contributed by atoms with Crippen molar-refractivity contribution in [3.8, 4) is 34.0 Å². The molecule has 0 fully saturated rings. The van der Waals surface area contributed by atoms with E-state index < -0.39 is 23.5 Å². The molecule has 7 nitrogen and oxygen atoms in total. The summed E-state index contributed by atoms with van der Waals surface area (Å²) in [5.74, 6) is -0.400. The SMILES string of the molecule is CC(NC[C@H](O)CO)c1ccc2c(c1)CCc1c-2noc1-c1noc(-c2ccccc2)c1C(F)(F)F. The van der Waals surface area contributed by atoms with Crippen molar-refractivity contribution in [3.63, 3.8) is 0 Å². The van der Waals surface area contributed by atoms with E-state index in [-0.39, 0.29) is 36.3 Å².